The third-order valence-corrected chi connectivity index (χ3v) is 5.38. The number of carbonyl (C=O) groups is 1. The lowest BCUT2D eigenvalue weighted by Crippen LogP contribution is -2.27. The molecule has 1 aliphatic heterocycles. The van der Waals surface area contributed by atoms with Crippen LogP contribution in [0.5, 0.6) is 5.75 Å². The van der Waals surface area contributed by atoms with Crippen LogP contribution in [0.15, 0.2) is 47.0 Å². The van der Waals surface area contributed by atoms with Crippen molar-refractivity contribution in [3.8, 4) is 16.9 Å². The number of aliphatic imine (C=N–C) groups is 1. The van der Waals surface area contributed by atoms with E-state index in [0.29, 0.717) is 13.1 Å². The van der Waals surface area contributed by atoms with Crippen molar-refractivity contribution in [3.05, 3.63) is 53.1 Å². The van der Waals surface area contributed by atoms with Crippen LogP contribution in [0.2, 0.25) is 0 Å². The van der Waals surface area contributed by atoms with Crippen LogP contribution in [0.1, 0.15) is 30.9 Å². The Bertz CT molecular complexity index is 1060. The largest absolute Gasteiger partial charge is 0.573 e. The smallest absolute Gasteiger partial charge is 0.406 e. The zero-order valence-electron chi connectivity index (χ0n) is 17.0. The molecule has 31 heavy (non-hydrogen) atoms. The van der Waals surface area contributed by atoms with Crippen molar-refractivity contribution in [2.45, 2.75) is 39.1 Å². The summed E-state index contributed by atoms with van der Waals surface area (Å²) in [6.07, 6.45) is 1.43. The molecule has 0 aromatic heterocycles. The van der Waals surface area contributed by atoms with Crippen LogP contribution in [0, 0.1) is 0 Å². The van der Waals surface area contributed by atoms with Gasteiger partial charge in [-0.25, -0.2) is 0 Å². The highest BCUT2D eigenvalue weighted by Crippen LogP contribution is 2.42. The van der Waals surface area contributed by atoms with E-state index in [1.165, 1.54) is 12.1 Å². The van der Waals surface area contributed by atoms with Crippen molar-refractivity contribution in [1.82, 2.24) is 5.32 Å². The van der Waals surface area contributed by atoms with Gasteiger partial charge in [-0.3, -0.25) is 9.79 Å². The topological polar surface area (TPSA) is 62.7 Å². The molecule has 0 unspecified atom stereocenters. The number of nitrogens with one attached hydrogen (secondary N) is 2. The molecule has 0 radical (unpaired) electrons. The van der Waals surface area contributed by atoms with Crippen LogP contribution in [0.25, 0.3) is 11.1 Å². The third-order valence-electron chi connectivity index (χ3n) is 5.38. The number of anilines is 1. The second-order valence-electron chi connectivity index (χ2n) is 7.35. The highest BCUT2D eigenvalue weighted by Gasteiger charge is 2.31. The number of fused-ring (bicyclic) bond motifs is 1. The van der Waals surface area contributed by atoms with E-state index in [1.54, 1.807) is 18.3 Å². The normalized spacial score (nSPS) is 14.8. The maximum Gasteiger partial charge on any atom is 0.573 e. The molecule has 2 aromatic rings. The van der Waals surface area contributed by atoms with Crippen molar-refractivity contribution in [2.24, 2.45) is 4.99 Å². The van der Waals surface area contributed by atoms with E-state index in [9.17, 15) is 18.0 Å². The monoisotopic (exact) mass is 429 g/mol. The predicted octanol–water partition coefficient (Wildman–Crippen LogP) is 5.28. The van der Waals surface area contributed by atoms with E-state index in [1.807, 2.05) is 19.1 Å². The first-order chi connectivity index (χ1) is 14.9. The lowest BCUT2D eigenvalue weighted by molar-refractivity contribution is -0.274. The fourth-order valence-electron chi connectivity index (χ4n) is 3.77. The van der Waals surface area contributed by atoms with Gasteiger partial charge >= 0.3 is 6.36 Å². The number of halogens is 3. The van der Waals surface area contributed by atoms with Gasteiger partial charge in [-0.05, 0) is 54.2 Å². The lowest BCUT2D eigenvalue weighted by atomic mass is 9.92. The number of allylic oxidation sites excluding steroid dienone is 1. The van der Waals surface area contributed by atoms with E-state index in [-0.39, 0.29) is 11.7 Å². The van der Waals surface area contributed by atoms with Gasteiger partial charge in [0.2, 0.25) is 5.91 Å². The summed E-state index contributed by atoms with van der Waals surface area (Å²) in [7, 11) is 0. The molecule has 0 spiro atoms. The SMILES string of the molecule is CCc1c(CNC(=O)C2=CCC2)cc(-c2ccc(OC(F)(F)F)cc2)c2c1N=CCN2. The Morgan fingerprint density at radius 1 is 1.26 bits per heavy atom. The first-order valence-electron chi connectivity index (χ1n) is 10.1. The molecule has 1 aliphatic carbocycles. The number of rotatable bonds is 6. The van der Waals surface area contributed by atoms with Crippen molar-refractivity contribution < 1.29 is 22.7 Å². The highest BCUT2D eigenvalue weighted by atomic mass is 19.4. The van der Waals surface area contributed by atoms with Crippen LogP contribution in [-0.2, 0) is 17.8 Å². The van der Waals surface area contributed by atoms with E-state index in [4.69, 9.17) is 0 Å². The molecule has 1 amide bonds. The molecule has 162 valence electrons. The summed E-state index contributed by atoms with van der Waals surface area (Å²) in [6.45, 7) is 2.94. The first-order valence-corrected chi connectivity index (χ1v) is 10.1. The molecule has 2 aliphatic rings. The second-order valence-corrected chi connectivity index (χ2v) is 7.35. The van der Waals surface area contributed by atoms with Crippen LogP contribution in [-0.4, -0.2) is 25.0 Å². The average Bonchev–Trinajstić information content (AvgIpc) is 2.69. The summed E-state index contributed by atoms with van der Waals surface area (Å²) >= 11 is 0. The number of nitrogens with zero attached hydrogens (tertiary/aromatic N) is 1. The molecule has 8 heteroatoms. The van der Waals surface area contributed by atoms with Crippen LogP contribution in [0.3, 0.4) is 0 Å². The second kappa shape index (κ2) is 8.45. The van der Waals surface area contributed by atoms with Crippen molar-refractivity contribution >= 4 is 23.5 Å². The summed E-state index contributed by atoms with van der Waals surface area (Å²) in [4.78, 5) is 16.8. The van der Waals surface area contributed by atoms with E-state index < -0.39 is 6.36 Å². The molecule has 0 bridgehead atoms. The summed E-state index contributed by atoms with van der Waals surface area (Å²) in [5.41, 5.74) is 5.94. The average molecular weight is 429 g/mol. The van der Waals surface area contributed by atoms with Gasteiger partial charge < -0.3 is 15.4 Å². The quantitative estimate of drug-likeness (QED) is 0.657. The molecule has 1 heterocycles. The summed E-state index contributed by atoms with van der Waals surface area (Å²) in [5.74, 6) is -0.342. The Morgan fingerprint density at radius 2 is 2.00 bits per heavy atom. The summed E-state index contributed by atoms with van der Waals surface area (Å²) < 4.78 is 41.4. The molecular formula is C23H22F3N3O2. The Hall–Kier alpha value is -3.29. The van der Waals surface area contributed by atoms with Gasteiger partial charge in [0.15, 0.2) is 0 Å². The van der Waals surface area contributed by atoms with Crippen molar-refractivity contribution in [3.63, 3.8) is 0 Å². The van der Waals surface area contributed by atoms with Gasteiger partial charge in [0.1, 0.15) is 5.75 Å². The van der Waals surface area contributed by atoms with Crippen molar-refractivity contribution in [2.75, 3.05) is 11.9 Å². The Morgan fingerprint density at radius 3 is 2.61 bits per heavy atom. The number of ether oxygens (including phenoxy) is 1. The minimum atomic E-state index is -4.74. The standard InChI is InChI=1S/C23H22F3N3O2/c1-2-18-16(13-29-22(30)15-4-3-5-15)12-19(21-20(18)27-10-11-28-21)14-6-8-17(9-7-14)31-23(24,25)26/h4,6-10,12,28H,2-3,5,11,13H2,1H3,(H,29,30). The minimum absolute atomic E-state index is 0.0668. The Balaban J connectivity index is 1.69. The highest BCUT2D eigenvalue weighted by molar-refractivity contribution is 5.95. The van der Waals surface area contributed by atoms with Crippen molar-refractivity contribution in [1.29, 1.82) is 0 Å². The van der Waals surface area contributed by atoms with Gasteiger partial charge in [-0.1, -0.05) is 25.1 Å². The van der Waals surface area contributed by atoms with Gasteiger partial charge in [0, 0.05) is 23.9 Å². The molecule has 0 fully saturated rings. The van der Waals surface area contributed by atoms with Crippen LogP contribution < -0.4 is 15.4 Å². The maximum absolute atomic E-state index is 12.5. The number of hydrogen-bond donors (Lipinski definition) is 2. The molecule has 0 saturated heterocycles. The number of hydrogen-bond acceptors (Lipinski definition) is 4. The molecule has 4 rings (SSSR count). The fourth-order valence-corrected chi connectivity index (χ4v) is 3.77. The number of alkyl halides is 3. The maximum atomic E-state index is 12.5. The zero-order chi connectivity index (χ0) is 22.0. The molecule has 5 nitrogen and oxygen atoms in total. The molecule has 2 aromatic carbocycles. The van der Waals surface area contributed by atoms with Gasteiger partial charge in [-0.15, -0.1) is 13.2 Å². The van der Waals surface area contributed by atoms with Crippen LogP contribution in [0.4, 0.5) is 24.5 Å². The fraction of sp³-hybridized carbons (Fsp3) is 0.304. The number of amides is 1. The van der Waals surface area contributed by atoms with Gasteiger partial charge in [0.25, 0.3) is 0 Å². The third kappa shape index (κ3) is 4.57. The molecular weight excluding hydrogens is 407 g/mol. The van der Waals surface area contributed by atoms with E-state index in [2.05, 4.69) is 20.4 Å². The summed E-state index contributed by atoms with van der Waals surface area (Å²) in [5, 5.41) is 6.30. The van der Waals surface area contributed by atoms with E-state index in [0.717, 1.165) is 58.5 Å². The first kappa shape index (κ1) is 21.0. The van der Waals surface area contributed by atoms with Gasteiger partial charge in [-0.2, -0.15) is 0 Å². The minimum Gasteiger partial charge on any atom is -0.406 e. The lowest BCUT2D eigenvalue weighted by Gasteiger charge is -2.23. The molecule has 0 saturated carbocycles. The zero-order valence-corrected chi connectivity index (χ0v) is 17.0. The summed E-state index contributed by atoms with van der Waals surface area (Å²) in [6, 6.07) is 7.73. The molecule has 0 atom stereocenters. The molecule has 2 N–H and O–H groups in total. The van der Waals surface area contributed by atoms with Crippen LogP contribution >= 0.6 is 0 Å². The number of benzene rings is 2. The Kier molecular flexibility index (Phi) is 5.71. The van der Waals surface area contributed by atoms with Gasteiger partial charge in [0.05, 0.1) is 17.9 Å². The number of carbonyl (C=O) groups excluding carboxylic acids is 1. The van der Waals surface area contributed by atoms with E-state index >= 15 is 0 Å². The predicted molar refractivity (Wildman–Crippen MR) is 114 cm³/mol. The Labute approximate surface area is 178 Å².